The normalized spacial score (nSPS) is 26.0. The monoisotopic (exact) mass is 421 g/mol. The van der Waals surface area contributed by atoms with Crippen LogP contribution in [-0.4, -0.2) is 24.2 Å². The highest BCUT2D eigenvalue weighted by Gasteiger charge is 2.36. The van der Waals surface area contributed by atoms with Crippen LogP contribution in [0.25, 0.3) is 10.6 Å². The Morgan fingerprint density at radius 2 is 2.00 bits per heavy atom. The van der Waals surface area contributed by atoms with Gasteiger partial charge in [-0.05, 0) is 54.9 Å². The fraction of sp³-hybridized carbons (Fsp3) is 0.667. The molecule has 2 saturated carbocycles. The van der Waals surface area contributed by atoms with Crippen LogP contribution in [0.5, 0.6) is 0 Å². The van der Waals surface area contributed by atoms with Crippen molar-refractivity contribution in [3.63, 3.8) is 0 Å². The van der Waals surface area contributed by atoms with Gasteiger partial charge in [0.25, 0.3) is 0 Å². The summed E-state index contributed by atoms with van der Waals surface area (Å²) < 4.78 is 31.7. The summed E-state index contributed by atoms with van der Waals surface area (Å²) in [4.78, 5) is 1.24. The van der Waals surface area contributed by atoms with Crippen molar-refractivity contribution in [2.45, 2.75) is 82.7 Å². The summed E-state index contributed by atoms with van der Waals surface area (Å²) in [5.74, 6) is 0.523. The molecule has 2 aromatic heterocycles. The quantitative estimate of drug-likeness (QED) is 0.720. The minimum atomic E-state index is -3.63. The molecule has 28 heavy (non-hydrogen) atoms. The number of nitrogens with one attached hydrogen (secondary N) is 1. The maximum absolute atomic E-state index is 13.4. The number of sulfonamides is 1. The third-order valence-corrected chi connectivity index (χ3v) is 8.55. The van der Waals surface area contributed by atoms with E-state index in [9.17, 15) is 8.42 Å². The van der Waals surface area contributed by atoms with E-state index in [4.69, 9.17) is 5.10 Å². The van der Waals surface area contributed by atoms with E-state index in [-0.39, 0.29) is 11.5 Å². The van der Waals surface area contributed by atoms with E-state index < -0.39 is 10.0 Å². The fourth-order valence-corrected chi connectivity index (χ4v) is 7.42. The highest BCUT2D eigenvalue weighted by atomic mass is 32.2. The minimum Gasteiger partial charge on any atom is -0.268 e. The Balaban J connectivity index is 1.66. The zero-order chi connectivity index (χ0) is 19.9. The summed E-state index contributed by atoms with van der Waals surface area (Å²) in [6.07, 6.45) is 9.22. The van der Waals surface area contributed by atoms with Gasteiger partial charge in [0.05, 0.1) is 10.9 Å². The van der Waals surface area contributed by atoms with E-state index >= 15 is 0 Å². The van der Waals surface area contributed by atoms with E-state index in [1.807, 2.05) is 22.2 Å². The highest BCUT2D eigenvalue weighted by Crippen LogP contribution is 2.40. The lowest BCUT2D eigenvalue weighted by Gasteiger charge is -2.39. The van der Waals surface area contributed by atoms with Gasteiger partial charge >= 0.3 is 0 Å². The van der Waals surface area contributed by atoms with Crippen LogP contribution in [0.15, 0.2) is 28.6 Å². The van der Waals surface area contributed by atoms with Crippen molar-refractivity contribution in [1.29, 1.82) is 0 Å². The number of thiophene rings is 1. The van der Waals surface area contributed by atoms with Crippen LogP contribution in [0.4, 0.5) is 0 Å². The van der Waals surface area contributed by atoms with Crippen LogP contribution in [0.2, 0.25) is 0 Å². The lowest BCUT2D eigenvalue weighted by Crippen LogP contribution is -2.42. The van der Waals surface area contributed by atoms with Crippen molar-refractivity contribution in [3.8, 4) is 10.6 Å². The lowest BCUT2D eigenvalue weighted by atomic mass is 9.71. The molecule has 2 atom stereocenters. The second-order valence-electron chi connectivity index (χ2n) is 9.47. The SMILES string of the molecule is CC1CC(NS(=O)(=O)c2cn(C3CCCC3)nc2-c2cccs2)CC(C)(C)C1. The van der Waals surface area contributed by atoms with Crippen molar-refractivity contribution < 1.29 is 8.42 Å². The molecule has 4 rings (SSSR count). The van der Waals surface area contributed by atoms with Gasteiger partial charge in [-0.2, -0.15) is 5.10 Å². The summed E-state index contributed by atoms with van der Waals surface area (Å²) in [6.45, 7) is 6.69. The second kappa shape index (κ2) is 7.58. The Kier molecular flexibility index (Phi) is 5.44. The summed E-state index contributed by atoms with van der Waals surface area (Å²) in [6, 6.07) is 4.20. The van der Waals surface area contributed by atoms with Crippen LogP contribution in [0.3, 0.4) is 0 Å². The largest absolute Gasteiger partial charge is 0.268 e. The first-order chi connectivity index (χ1) is 13.2. The standard InChI is InChI=1S/C21H31N3O2S2/c1-15-11-16(13-21(2,3)12-15)23-28(25,26)19-14-24(17-7-4-5-8-17)22-20(19)18-9-6-10-27-18/h6,9-10,14-17,23H,4-5,7-8,11-13H2,1-3H3. The fourth-order valence-electron chi connectivity index (χ4n) is 5.23. The first-order valence-corrected chi connectivity index (χ1v) is 12.8. The molecule has 5 nitrogen and oxygen atoms in total. The molecule has 1 N–H and O–H groups in total. The third-order valence-electron chi connectivity index (χ3n) is 6.15. The molecular weight excluding hydrogens is 390 g/mol. The van der Waals surface area contributed by atoms with Gasteiger partial charge in [-0.15, -0.1) is 11.3 Å². The van der Waals surface area contributed by atoms with Crippen LogP contribution >= 0.6 is 11.3 Å². The number of aromatic nitrogens is 2. The van der Waals surface area contributed by atoms with E-state index in [2.05, 4.69) is 25.5 Å². The third kappa shape index (κ3) is 4.21. The van der Waals surface area contributed by atoms with Crippen LogP contribution < -0.4 is 4.72 Å². The maximum atomic E-state index is 13.4. The van der Waals surface area contributed by atoms with Gasteiger partial charge in [-0.1, -0.05) is 39.7 Å². The molecule has 2 aliphatic carbocycles. The zero-order valence-corrected chi connectivity index (χ0v) is 18.7. The van der Waals surface area contributed by atoms with Gasteiger partial charge in [0.1, 0.15) is 10.6 Å². The molecule has 2 unspecified atom stereocenters. The Morgan fingerprint density at radius 3 is 2.64 bits per heavy atom. The first-order valence-electron chi connectivity index (χ1n) is 10.4. The van der Waals surface area contributed by atoms with Crippen LogP contribution in [0.1, 0.15) is 71.8 Å². The molecule has 0 amide bonds. The molecule has 2 aromatic rings. The molecule has 0 spiro atoms. The van der Waals surface area contributed by atoms with E-state index in [0.29, 0.717) is 22.5 Å². The first kappa shape index (κ1) is 20.1. The molecule has 0 aliphatic heterocycles. The van der Waals surface area contributed by atoms with Gasteiger partial charge in [0, 0.05) is 12.2 Å². The van der Waals surface area contributed by atoms with Crippen molar-refractivity contribution >= 4 is 21.4 Å². The molecule has 2 aliphatic rings. The number of nitrogens with zero attached hydrogens (tertiary/aromatic N) is 2. The Bertz CT molecular complexity index is 910. The predicted molar refractivity (Wildman–Crippen MR) is 114 cm³/mol. The number of hydrogen-bond donors (Lipinski definition) is 1. The average molecular weight is 422 g/mol. The van der Waals surface area contributed by atoms with E-state index in [1.165, 1.54) is 12.8 Å². The Morgan fingerprint density at radius 1 is 1.25 bits per heavy atom. The molecule has 0 bridgehead atoms. The maximum Gasteiger partial charge on any atom is 0.244 e. The molecule has 2 fully saturated rings. The van der Waals surface area contributed by atoms with Gasteiger partial charge in [0.15, 0.2) is 0 Å². The molecule has 0 aromatic carbocycles. The lowest BCUT2D eigenvalue weighted by molar-refractivity contribution is 0.163. The molecule has 7 heteroatoms. The summed E-state index contributed by atoms with van der Waals surface area (Å²) in [5.41, 5.74) is 0.757. The average Bonchev–Trinajstić information content (AvgIpc) is 3.33. The second-order valence-corrected chi connectivity index (χ2v) is 12.1. The number of hydrogen-bond acceptors (Lipinski definition) is 4. The summed E-state index contributed by atoms with van der Waals surface area (Å²) in [7, 11) is -3.63. The molecule has 154 valence electrons. The minimum absolute atomic E-state index is 0.0187. The summed E-state index contributed by atoms with van der Waals surface area (Å²) >= 11 is 1.54. The smallest absolute Gasteiger partial charge is 0.244 e. The van der Waals surface area contributed by atoms with E-state index in [0.717, 1.165) is 37.0 Å². The molecule has 0 saturated heterocycles. The van der Waals surface area contributed by atoms with Crippen molar-refractivity contribution in [1.82, 2.24) is 14.5 Å². The van der Waals surface area contributed by atoms with Crippen molar-refractivity contribution in [3.05, 3.63) is 23.7 Å². The van der Waals surface area contributed by atoms with Gasteiger partial charge < -0.3 is 0 Å². The summed E-state index contributed by atoms with van der Waals surface area (Å²) in [5, 5.41) is 6.72. The van der Waals surface area contributed by atoms with E-state index in [1.54, 1.807) is 17.5 Å². The van der Waals surface area contributed by atoms with Gasteiger partial charge in [-0.25, -0.2) is 13.1 Å². The van der Waals surface area contributed by atoms with Crippen molar-refractivity contribution in [2.75, 3.05) is 0 Å². The number of rotatable bonds is 5. The Labute approximate surface area is 172 Å². The molecule has 0 radical (unpaired) electrons. The van der Waals surface area contributed by atoms with Gasteiger partial charge in [-0.3, -0.25) is 4.68 Å². The van der Waals surface area contributed by atoms with Crippen LogP contribution in [-0.2, 0) is 10.0 Å². The Hall–Kier alpha value is -1.18. The van der Waals surface area contributed by atoms with Crippen molar-refractivity contribution in [2.24, 2.45) is 11.3 Å². The van der Waals surface area contributed by atoms with Gasteiger partial charge in [0.2, 0.25) is 10.0 Å². The highest BCUT2D eigenvalue weighted by molar-refractivity contribution is 7.89. The zero-order valence-electron chi connectivity index (χ0n) is 17.0. The van der Waals surface area contributed by atoms with Crippen LogP contribution in [0, 0.1) is 11.3 Å². The molecule has 2 heterocycles. The topological polar surface area (TPSA) is 64.0 Å². The predicted octanol–water partition coefficient (Wildman–Crippen LogP) is 5.22. The molecular formula is C21H31N3O2S2.